The number of fused-ring (bicyclic) bond motifs is 1. The summed E-state index contributed by atoms with van der Waals surface area (Å²) in [5, 5.41) is 8.18. The van der Waals surface area contributed by atoms with Gasteiger partial charge < -0.3 is 16.0 Å². The van der Waals surface area contributed by atoms with E-state index in [1.807, 2.05) is 19.9 Å². The van der Waals surface area contributed by atoms with E-state index in [1.54, 1.807) is 42.5 Å². The Balaban J connectivity index is 1.67. The highest BCUT2D eigenvalue weighted by Crippen LogP contribution is 2.14. The van der Waals surface area contributed by atoms with Gasteiger partial charge in [0.05, 0.1) is 17.2 Å². The predicted molar refractivity (Wildman–Crippen MR) is 108 cm³/mol. The molecule has 3 amide bonds. The molecule has 0 aliphatic carbocycles. The fourth-order valence-corrected chi connectivity index (χ4v) is 2.69. The van der Waals surface area contributed by atoms with E-state index < -0.39 is 0 Å². The fourth-order valence-electron chi connectivity index (χ4n) is 2.69. The highest BCUT2D eigenvalue weighted by molar-refractivity contribution is 5.93. The van der Waals surface area contributed by atoms with E-state index in [9.17, 15) is 14.4 Å². The van der Waals surface area contributed by atoms with Crippen molar-refractivity contribution in [2.45, 2.75) is 26.4 Å². The summed E-state index contributed by atoms with van der Waals surface area (Å²) in [5.41, 5.74) is 2.06. The monoisotopic (exact) mass is 379 g/mol. The summed E-state index contributed by atoms with van der Waals surface area (Å²) in [7, 11) is 0. The highest BCUT2D eigenvalue weighted by atomic mass is 16.2. The van der Waals surface area contributed by atoms with Crippen LogP contribution < -0.4 is 21.5 Å². The van der Waals surface area contributed by atoms with E-state index in [4.69, 9.17) is 0 Å². The lowest BCUT2D eigenvalue weighted by Crippen LogP contribution is -2.34. The molecule has 0 saturated heterocycles. The third kappa shape index (κ3) is 4.73. The molecule has 3 rings (SSSR count). The molecule has 0 bridgehead atoms. The van der Waals surface area contributed by atoms with Crippen LogP contribution in [0.25, 0.3) is 11.0 Å². The molecule has 0 fully saturated rings. The number of hydrogen-bond acceptors (Lipinski definition) is 4. The Morgan fingerprint density at radius 3 is 2.32 bits per heavy atom. The van der Waals surface area contributed by atoms with Crippen molar-refractivity contribution in [1.82, 2.24) is 14.9 Å². The number of para-hydroxylation sites is 2. The van der Waals surface area contributed by atoms with Crippen LogP contribution in [0.2, 0.25) is 0 Å². The van der Waals surface area contributed by atoms with Crippen LogP contribution in [0, 0.1) is 0 Å². The molecule has 3 aromatic rings. The lowest BCUT2D eigenvalue weighted by atomic mass is 10.2. The summed E-state index contributed by atoms with van der Waals surface area (Å²) >= 11 is 0. The summed E-state index contributed by atoms with van der Waals surface area (Å²) in [6.07, 6.45) is 1.21. The number of hydrogen-bond donors (Lipinski definition) is 3. The average molecular weight is 379 g/mol. The molecule has 0 atom stereocenters. The topological polar surface area (TPSA) is 105 Å². The van der Waals surface area contributed by atoms with Crippen LogP contribution in [-0.2, 0) is 11.3 Å². The van der Waals surface area contributed by atoms with E-state index in [0.29, 0.717) is 22.4 Å². The molecule has 8 nitrogen and oxygen atoms in total. The van der Waals surface area contributed by atoms with Gasteiger partial charge in [0, 0.05) is 17.4 Å². The van der Waals surface area contributed by atoms with Crippen molar-refractivity contribution < 1.29 is 9.59 Å². The Labute approximate surface area is 161 Å². The standard InChI is InChI=1S/C20H21N5O3/c1-13(2)22-20(28)24-15-9-7-14(8-10-15)23-18(26)12-25-17-6-4-3-5-16(17)21-11-19(25)27/h3-11,13H,12H2,1-2H3,(H,23,26)(H2,22,24,28). The lowest BCUT2D eigenvalue weighted by molar-refractivity contribution is -0.116. The van der Waals surface area contributed by atoms with E-state index in [0.717, 1.165) is 0 Å². The number of benzene rings is 2. The second-order valence-electron chi connectivity index (χ2n) is 6.55. The van der Waals surface area contributed by atoms with Gasteiger partial charge >= 0.3 is 6.03 Å². The number of carbonyl (C=O) groups is 2. The Hall–Kier alpha value is -3.68. The van der Waals surface area contributed by atoms with E-state index in [1.165, 1.54) is 10.8 Å². The molecular weight excluding hydrogens is 358 g/mol. The van der Waals surface area contributed by atoms with Gasteiger partial charge in [0.25, 0.3) is 5.56 Å². The normalized spacial score (nSPS) is 10.7. The van der Waals surface area contributed by atoms with Gasteiger partial charge in [-0.2, -0.15) is 0 Å². The minimum atomic E-state index is -0.343. The number of aromatic nitrogens is 2. The predicted octanol–water partition coefficient (Wildman–Crippen LogP) is 2.57. The molecule has 0 unspecified atom stereocenters. The summed E-state index contributed by atoms with van der Waals surface area (Å²) in [6, 6.07) is 13.6. The molecular formula is C20H21N5O3. The molecule has 144 valence electrons. The van der Waals surface area contributed by atoms with Gasteiger partial charge in [0.15, 0.2) is 0 Å². The number of urea groups is 1. The molecule has 1 heterocycles. The lowest BCUT2D eigenvalue weighted by Gasteiger charge is -2.12. The second-order valence-corrected chi connectivity index (χ2v) is 6.55. The van der Waals surface area contributed by atoms with Crippen LogP contribution in [0.1, 0.15) is 13.8 Å². The molecule has 3 N–H and O–H groups in total. The maximum atomic E-state index is 12.4. The first-order valence-corrected chi connectivity index (χ1v) is 8.84. The number of nitrogens with one attached hydrogen (secondary N) is 3. The first-order chi connectivity index (χ1) is 13.4. The third-order valence-corrected chi connectivity index (χ3v) is 3.90. The van der Waals surface area contributed by atoms with Crippen molar-refractivity contribution in [3.8, 4) is 0 Å². The maximum absolute atomic E-state index is 12.4. The van der Waals surface area contributed by atoms with Gasteiger partial charge in [-0.1, -0.05) is 12.1 Å². The Kier molecular flexibility index (Phi) is 5.69. The Morgan fingerprint density at radius 1 is 1.00 bits per heavy atom. The van der Waals surface area contributed by atoms with E-state index in [2.05, 4.69) is 20.9 Å². The highest BCUT2D eigenvalue weighted by Gasteiger charge is 2.09. The fraction of sp³-hybridized carbons (Fsp3) is 0.200. The SMILES string of the molecule is CC(C)NC(=O)Nc1ccc(NC(=O)Cn2c(=O)cnc3ccccc32)cc1. The summed E-state index contributed by atoms with van der Waals surface area (Å²) < 4.78 is 1.38. The summed E-state index contributed by atoms with van der Waals surface area (Å²) in [5.74, 6) is -0.336. The van der Waals surface area contributed by atoms with Crippen LogP contribution in [0.5, 0.6) is 0 Å². The molecule has 0 radical (unpaired) electrons. The number of carbonyl (C=O) groups excluding carboxylic acids is 2. The first kappa shape index (κ1) is 19.1. The third-order valence-electron chi connectivity index (χ3n) is 3.90. The number of nitrogens with zero attached hydrogens (tertiary/aromatic N) is 2. The molecule has 28 heavy (non-hydrogen) atoms. The zero-order valence-electron chi connectivity index (χ0n) is 15.6. The van der Waals surface area contributed by atoms with Crippen LogP contribution >= 0.6 is 0 Å². The average Bonchev–Trinajstić information content (AvgIpc) is 2.65. The molecule has 0 spiro atoms. The van der Waals surface area contributed by atoms with Gasteiger partial charge in [-0.05, 0) is 50.2 Å². The minimum Gasteiger partial charge on any atom is -0.336 e. The van der Waals surface area contributed by atoms with Crippen LogP contribution in [0.15, 0.2) is 59.5 Å². The zero-order chi connectivity index (χ0) is 20.1. The van der Waals surface area contributed by atoms with Gasteiger partial charge in [-0.15, -0.1) is 0 Å². The largest absolute Gasteiger partial charge is 0.336 e. The van der Waals surface area contributed by atoms with Crippen molar-refractivity contribution in [3.63, 3.8) is 0 Å². The Morgan fingerprint density at radius 2 is 1.64 bits per heavy atom. The zero-order valence-corrected chi connectivity index (χ0v) is 15.6. The van der Waals surface area contributed by atoms with Crippen LogP contribution in [0.3, 0.4) is 0 Å². The summed E-state index contributed by atoms with van der Waals surface area (Å²) in [6.45, 7) is 3.61. The van der Waals surface area contributed by atoms with Crippen molar-refractivity contribution in [2.75, 3.05) is 10.6 Å². The van der Waals surface area contributed by atoms with Crippen molar-refractivity contribution >= 4 is 34.3 Å². The number of anilines is 2. The number of rotatable bonds is 5. The van der Waals surface area contributed by atoms with Crippen LogP contribution in [0.4, 0.5) is 16.2 Å². The minimum absolute atomic E-state index is 0.0336. The molecule has 2 aromatic carbocycles. The summed E-state index contributed by atoms with van der Waals surface area (Å²) in [4.78, 5) is 40.3. The molecule has 0 saturated carbocycles. The molecule has 1 aromatic heterocycles. The van der Waals surface area contributed by atoms with Crippen molar-refractivity contribution in [3.05, 3.63) is 65.1 Å². The maximum Gasteiger partial charge on any atom is 0.319 e. The molecule has 0 aliphatic heterocycles. The Bertz CT molecular complexity index is 1060. The molecule has 0 aliphatic rings. The van der Waals surface area contributed by atoms with Crippen molar-refractivity contribution in [2.24, 2.45) is 0 Å². The number of amides is 3. The first-order valence-electron chi connectivity index (χ1n) is 8.84. The van der Waals surface area contributed by atoms with Gasteiger partial charge in [0.1, 0.15) is 6.54 Å². The van der Waals surface area contributed by atoms with Gasteiger partial charge in [-0.3, -0.25) is 14.2 Å². The van der Waals surface area contributed by atoms with E-state index >= 15 is 0 Å². The molecule has 8 heteroatoms. The van der Waals surface area contributed by atoms with Crippen LogP contribution in [-0.4, -0.2) is 27.5 Å². The smallest absolute Gasteiger partial charge is 0.319 e. The quantitative estimate of drug-likeness (QED) is 0.633. The van der Waals surface area contributed by atoms with Gasteiger partial charge in [0.2, 0.25) is 5.91 Å². The van der Waals surface area contributed by atoms with E-state index in [-0.39, 0.29) is 30.1 Å². The van der Waals surface area contributed by atoms with Crippen molar-refractivity contribution in [1.29, 1.82) is 0 Å². The second kappa shape index (κ2) is 8.34. The van der Waals surface area contributed by atoms with Gasteiger partial charge in [-0.25, -0.2) is 9.78 Å².